The fourth-order valence-electron chi connectivity index (χ4n) is 2.70. The minimum atomic E-state index is -4.06. The van der Waals surface area contributed by atoms with Gasteiger partial charge in [-0.3, -0.25) is 4.79 Å². The molecule has 1 fully saturated rings. The van der Waals surface area contributed by atoms with E-state index in [4.69, 9.17) is 0 Å². The predicted octanol–water partition coefficient (Wildman–Crippen LogP) is 2.43. The predicted molar refractivity (Wildman–Crippen MR) is 101 cm³/mol. The third kappa shape index (κ3) is 4.55. The summed E-state index contributed by atoms with van der Waals surface area (Å²) >= 11 is 1.00. The van der Waals surface area contributed by atoms with E-state index in [1.165, 1.54) is 11.0 Å². The Bertz CT molecular complexity index is 1140. The molecule has 1 aliphatic heterocycles. The van der Waals surface area contributed by atoms with Crippen LogP contribution in [-0.4, -0.2) is 53.0 Å². The summed E-state index contributed by atoms with van der Waals surface area (Å²) in [6.07, 6.45) is 0.970. The summed E-state index contributed by atoms with van der Waals surface area (Å²) in [6, 6.07) is 2.02. The van der Waals surface area contributed by atoms with Crippen LogP contribution in [-0.2, 0) is 19.8 Å². The van der Waals surface area contributed by atoms with E-state index in [0.29, 0.717) is 6.07 Å². The number of carbonyl (C=O) groups excluding carboxylic acids is 1. The van der Waals surface area contributed by atoms with Crippen molar-refractivity contribution in [2.24, 2.45) is 3.77 Å². The van der Waals surface area contributed by atoms with E-state index in [9.17, 15) is 26.2 Å². The summed E-state index contributed by atoms with van der Waals surface area (Å²) in [5, 5.41) is 1.66. The molecule has 0 radical (unpaired) electrons. The number of aromatic nitrogens is 1. The van der Waals surface area contributed by atoms with Crippen LogP contribution in [0.1, 0.15) is 22.5 Å². The average Bonchev–Trinajstić information content (AvgIpc) is 2.95. The second-order valence-corrected chi connectivity index (χ2v) is 11.8. The molecule has 1 atom stereocenters. The number of rotatable bonds is 3. The summed E-state index contributed by atoms with van der Waals surface area (Å²) in [5.41, 5.74) is 0.230. The van der Waals surface area contributed by atoms with Crippen LogP contribution in [0.3, 0.4) is 0 Å². The summed E-state index contributed by atoms with van der Waals surface area (Å²) in [5.74, 6) is -2.92. The van der Waals surface area contributed by atoms with Gasteiger partial charge in [-0.15, -0.1) is 15.1 Å². The van der Waals surface area contributed by atoms with Gasteiger partial charge in [0.2, 0.25) is 0 Å². The molecule has 2 aromatic rings. The number of hydrogen-bond donors (Lipinski definition) is 0. The van der Waals surface area contributed by atoms with Crippen LogP contribution < -0.4 is 0 Å². The van der Waals surface area contributed by atoms with Crippen LogP contribution in [0, 0.1) is 18.6 Å². The number of carbonyl (C=O) groups is 1. The molecule has 1 unspecified atom stereocenters. The summed E-state index contributed by atoms with van der Waals surface area (Å²) in [4.78, 5) is 17.2. The van der Waals surface area contributed by atoms with Crippen molar-refractivity contribution in [1.29, 1.82) is 0 Å². The number of aryl methyl sites for hydroxylation is 1. The molecule has 7 nitrogen and oxygen atoms in total. The standard InChI is InChI=1S/C16H17F2N3O4S3/c1-11-7-14(26-10-11)28(24,25)20-27(23)5-2-3-21(4-6-27)16(22)15-13(18)8-12(17)9-19-15/h7-10H,2-6H2,1H3. The van der Waals surface area contributed by atoms with Gasteiger partial charge in [0.05, 0.1) is 21.7 Å². The van der Waals surface area contributed by atoms with Crippen molar-refractivity contribution in [3.63, 3.8) is 0 Å². The maximum absolute atomic E-state index is 13.8. The third-order valence-electron chi connectivity index (χ3n) is 4.06. The van der Waals surface area contributed by atoms with Crippen molar-refractivity contribution in [2.45, 2.75) is 17.6 Å². The number of pyridine rings is 1. The second kappa shape index (κ2) is 7.84. The van der Waals surface area contributed by atoms with Crippen LogP contribution in [0.5, 0.6) is 0 Å². The Balaban J connectivity index is 1.82. The molecule has 0 N–H and O–H groups in total. The van der Waals surface area contributed by atoms with Crippen LogP contribution in [0.15, 0.2) is 31.7 Å². The lowest BCUT2D eigenvalue weighted by molar-refractivity contribution is 0.0757. The van der Waals surface area contributed by atoms with Gasteiger partial charge in [0.1, 0.15) is 10.0 Å². The fraction of sp³-hybridized carbons (Fsp3) is 0.375. The molecule has 0 spiro atoms. The summed E-state index contributed by atoms with van der Waals surface area (Å²) in [6.45, 7) is 1.81. The van der Waals surface area contributed by atoms with E-state index in [1.54, 1.807) is 12.3 Å². The first kappa shape index (κ1) is 20.8. The van der Waals surface area contributed by atoms with Crippen LogP contribution in [0.25, 0.3) is 0 Å². The summed E-state index contributed by atoms with van der Waals surface area (Å²) in [7, 11) is -7.18. The molecule has 1 saturated heterocycles. The maximum Gasteiger partial charge on any atom is 0.299 e. The third-order valence-corrected chi connectivity index (χ3v) is 10.1. The molecular formula is C16H17F2N3O4S3. The number of nitrogens with zero attached hydrogens (tertiary/aromatic N) is 3. The van der Waals surface area contributed by atoms with Crippen molar-refractivity contribution < 1.29 is 26.2 Å². The highest BCUT2D eigenvalue weighted by Gasteiger charge is 2.27. The van der Waals surface area contributed by atoms with Gasteiger partial charge >= 0.3 is 0 Å². The van der Waals surface area contributed by atoms with Gasteiger partial charge in [-0.2, -0.15) is 8.42 Å². The van der Waals surface area contributed by atoms with Crippen LogP contribution in [0.4, 0.5) is 8.78 Å². The van der Waals surface area contributed by atoms with E-state index in [-0.39, 0.29) is 35.2 Å². The van der Waals surface area contributed by atoms with Crippen LogP contribution >= 0.6 is 11.3 Å². The Kier molecular flexibility index (Phi) is 5.82. The normalized spacial score (nSPS) is 20.6. The van der Waals surface area contributed by atoms with Crippen molar-refractivity contribution in [3.8, 4) is 0 Å². The highest BCUT2D eigenvalue weighted by atomic mass is 32.3. The molecule has 0 aromatic carbocycles. The molecule has 0 aliphatic carbocycles. The lowest BCUT2D eigenvalue weighted by Gasteiger charge is -2.19. The SMILES string of the molecule is Cc1csc(S(=O)(=O)N=S2(=O)CCCN(C(=O)c3ncc(F)cc3F)CC2)c1. The topological polar surface area (TPSA) is 96.8 Å². The molecule has 2 aromatic heterocycles. The van der Waals surface area contributed by atoms with Gasteiger partial charge in [0, 0.05) is 24.9 Å². The highest BCUT2D eigenvalue weighted by Crippen LogP contribution is 2.24. The van der Waals surface area contributed by atoms with Gasteiger partial charge in [-0.25, -0.2) is 18.0 Å². The number of amides is 1. The molecule has 1 aliphatic rings. The summed E-state index contributed by atoms with van der Waals surface area (Å²) < 4.78 is 68.4. The zero-order chi connectivity index (χ0) is 20.5. The largest absolute Gasteiger partial charge is 0.336 e. The molecule has 0 saturated carbocycles. The van der Waals surface area contributed by atoms with Crippen molar-refractivity contribution in [2.75, 3.05) is 24.6 Å². The monoisotopic (exact) mass is 449 g/mol. The quantitative estimate of drug-likeness (QED) is 0.717. The minimum Gasteiger partial charge on any atom is -0.336 e. The number of halogens is 2. The Morgan fingerprint density at radius 2 is 2.04 bits per heavy atom. The number of sulfonamides is 1. The molecule has 1 amide bonds. The smallest absolute Gasteiger partial charge is 0.299 e. The van der Waals surface area contributed by atoms with E-state index < -0.39 is 43.0 Å². The van der Waals surface area contributed by atoms with Gasteiger partial charge in [-0.1, -0.05) is 0 Å². The molecule has 3 heterocycles. The molecule has 28 heavy (non-hydrogen) atoms. The van der Waals surface area contributed by atoms with Crippen molar-refractivity contribution in [1.82, 2.24) is 9.88 Å². The maximum atomic E-state index is 13.8. The second-order valence-electron chi connectivity index (χ2n) is 6.30. The Labute approximate surface area is 165 Å². The van der Waals surface area contributed by atoms with Gasteiger partial charge in [-0.05, 0) is 30.4 Å². The first-order valence-electron chi connectivity index (χ1n) is 8.24. The average molecular weight is 450 g/mol. The minimum absolute atomic E-state index is 0.000302. The fourth-order valence-corrected chi connectivity index (χ4v) is 8.18. The van der Waals surface area contributed by atoms with Crippen LogP contribution in [0.2, 0.25) is 0 Å². The lowest BCUT2D eigenvalue weighted by atomic mass is 10.3. The molecule has 0 bridgehead atoms. The Hall–Kier alpha value is -1.92. The van der Waals surface area contributed by atoms with Gasteiger partial charge < -0.3 is 4.90 Å². The van der Waals surface area contributed by atoms with Crippen molar-refractivity contribution >= 4 is 37.0 Å². The Morgan fingerprint density at radius 1 is 1.29 bits per heavy atom. The molecule has 3 rings (SSSR count). The Morgan fingerprint density at radius 3 is 2.68 bits per heavy atom. The number of thiophene rings is 1. The van der Waals surface area contributed by atoms with Gasteiger partial charge in [0.25, 0.3) is 15.9 Å². The zero-order valence-corrected chi connectivity index (χ0v) is 17.2. The van der Waals surface area contributed by atoms with E-state index in [1.807, 2.05) is 0 Å². The zero-order valence-electron chi connectivity index (χ0n) is 14.8. The first-order chi connectivity index (χ1) is 13.1. The van der Waals surface area contributed by atoms with E-state index >= 15 is 0 Å². The molecular weight excluding hydrogens is 432 g/mol. The molecule has 12 heteroatoms. The molecule has 152 valence electrons. The number of hydrogen-bond acceptors (Lipinski definition) is 6. The van der Waals surface area contributed by atoms with Crippen molar-refractivity contribution in [3.05, 3.63) is 46.6 Å². The van der Waals surface area contributed by atoms with E-state index in [2.05, 4.69) is 8.75 Å². The lowest BCUT2D eigenvalue weighted by Crippen LogP contribution is -2.34. The first-order valence-corrected chi connectivity index (χ1v) is 12.4. The van der Waals surface area contributed by atoms with E-state index in [0.717, 1.165) is 23.1 Å². The highest BCUT2D eigenvalue weighted by molar-refractivity contribution is 8.04. The van der Waals surface area contributed by atoms with Gasteiger partial charge in [0.15, 0.2) is 11.5 Å².